The van der Waals surface area contributed by atoms with Crippen molar-refractivity contribution in [2.45, 2.75) is 84.3 Å². The zero-order valence-electron chi connectivity index (χ0n) is 15.1. The van der Waals surface area contributed by atoms with E-state index >= 15 is 0 Å². The van der Waals surface area contributed by atoms with Gasteiger partial charge < -0.3 is 9.47 Å². The highest BCUT2D eigenvalue weighted by Crippen LogP contribution is 2.39. The van der Waals surface area contributed by atoms with Crippen molar-refractivity contribution in [3.63, 3.8) is 0 Å². The summed E-state index contributed by atoms with van der Waals surface area (Å²) in [6, 6.07) is 6.77. The molecule has 0 saturated carbocycles. The molecule has 3 unspecified atom stereocenters. The van der Waals surface area contributed by atoms with Gasteiger partial charge in [-0.3, -0.25) is 0 Å². The minimum absolute atomic E-state index is 0.0981. The Kier molecular flexibility index (Phi) is 5.55. The molecular weight excluding hydrogens is 272 g/mol. The van der Waals surface area contributed by atoms with E-state index in [-0.39, 0.29) is 5.41 Å². The van der Waals surface area contributed by atoms with Crippen molar-refractivity contribution in [2.75, 3.05) is 6.61 Å². The van der Waals surface area contributed by atoms with Crippen LogP contribution in [-0.2, 0) is 10.2 Å². The third-order valence-electron chi connectivity index (χ3n) is 4.68. The maximum absolute atomic E-state index is 5.84. The minimum atomic E-state index is 0.0981. The van der Waals surface area contributed by atoms with E-state index in [0.717, 1.165) is 25.0 Å². The van der Waals surface area contributed by atoms with Gasteiger partial charge in [-0.15, -0.1) is 0 Å². The largest absolute Gasteiger partial charge is 0.494 e. The van der Waals surface area contributed by atoms with Crippen LogP contribution in [0.15, 0.2) is 18.2 Å². The van der Waals surface area contributed by atoms with Crippen molar-refractivity contribution in [3.8, 4) is 5.75 Å². The van der Waals surface area contributed by atoms with E-state index in [1.807, 2.05) is 6.92 Å². The van der Waals surface area contributed by atoms with Crippen LogP contribution in [0.3, 0.4) is 0 Å². The monoisotopic (exact) mass is 304 g/mol. The van der Waals surface area contributed by atoms with Gasteiger partial charge in [-0.2, -0.15) is 0 Å². The minimum Gasteiger partial charge on any atom is -0.494 e. The van der Waals surface area contributed by atoms with Crippen LogP contribution in [0.4, 0.5) is 0 Å². The summed E-state index contributed by atoms with van der Waals surface area (Å²) in [6.45, 7) is 14.0. The highest BCUT2D eigenvalue weighted by molar-refractivity contribution is 5.42. The third-order valence-corrected chi connectivity index (χ3v) is 4.68. The molecule has 2 rings (SSSR count). The highest BCUT2D eigenvalue weighted by Gasteiger charge is 2.38. The van der Waals surface area contributed by atoms with E-state index < -0.39 is 0 Å². The molecule has 1 aromatic carbocycles. The fourth-order valence-corrected chi connectivity index (χ4v) is 3.23. The second kappa shape index (κ2) is 7.04. The Bertz CT molecular complexity index is 487. The Hall–Kier alpha value is -1.02. The van der Waals surface area contributed by atoms with Crippen LogP contribution in [-0.4, -0.2) is 18.8 Å². The van der Waals surface area contributed by atoms with Gasteiger partial charge in [-0.05, 0) is 54.7 Å². The second-order valence-electron chi connectivity index (χ2n) is 7.40. The number of ether oxygens (including phenoxy) is 2. The summed E-state index contributed by atoms with van der Waals surface area (Å²) in [6.07, 6.45) is 4.41. The van der Waals surface area contributed by atoms with Crippen molar-refractivity contribution in [2.24, 2.45) is 0 Å². The van der Waals surface area contributed by atoms with Crippen molar-refractivity contribution in [1.29, 1.82) is 0 Å². The average molecular weight is 304 g/mol. The first-order valence-corrected chi connectivity index (χ1v) is 8.83. The summed E-state index contributed by atoms with van der Waals surface area (Å²) >= 11 is 0. The van der Waals surface area contributed by atoms with E-state index in [9.17, 15) is 0 Å². The molecule has 1 aromatic rings. The Morgan fingerprint density at radius 1 is 1.14 bits per heavy atom. The molecule has 1 fully saturated rings. The molecule has 2 heteroatoms. The predicted octanol–water partition coefficient (Wildman–Crippen LogP) is 5.44. The number of hydrogen-bond donors (Lipinski definition) is 0. The van der Waals surface area contributed by atoms with Gasteiger partial charge in [0.05, 0.1) is 18.8 Å². The normalized spacial score (nSPS) is 22.5. The molecular formula is C20H32O2. The second-order valence-corrected chi connectivity index (χ2v) is 7.40. The lowest BCUT2D eigenvalue weighted by atomic mass is 9.82. The third kappa shape index (κ3) is 4.04. The molecule has 0 aliphatic carbocycles. The lowest BCUT2D eigenvalue weighted by Crippen LogP contribution is -2.15. The summed E-state index contributed by atoms with van der Waals surface area (Å²) in [4.78, 5) is 0. The van der Waals surface area contributed by atoms with Crippen LogP contribution in [0.5, 0.6) is 5.75 Å². The summed E-state index contributed by atoms with van der Waals surface area (Å²) < 4.78 is 11.6. The lowest BCUT2D eigenvalue weighted by molar-refractivity contribution is 0.329. The molecule has 0 amide bonds. The standard InChI is InChI=1S/C20H32O2/c1-7-14(13-19-17(8-2)22-19)15-10-11-18(21-9-3)16(12-15)20(4,5)6/h10-12,14,17,19H,7-9,13H2,1-6H3. The summed E-state index contributed by atoms with van der Waals surface area (Å²) in [5.41, 5.74) is 2.84. The fourth-order valence-electron chi connectivity index (χ4n) is 3.23. The summed E-state index contributed by atoms with van der Waals surface area (Å²) in [7, 11) is 0. The Labute approximate surface area is 136 Å². The maximum Gasteiger partial charge on any atom is 0.123 e. The first kappa shape index (κ1) is 17.3. The topological polar surface area (TPSA) is 21.8 Å². The molecule has 0 bridgehead atoms. The van der Waals surface area contributed by atoms with Crippen molar-refractivity contribution >= 4 is 0 Å². The Morgan fingerprint density at radius 2 is 1.86 bits per heavy atom. The lowest BCUT2D eigenvalue weighted by Gasteiger charge is -2.25. The SMILES string of the molecule is CCOc1ccc(C(CC)CC2OC2CC)cc1C(C)(C)C. The molecule has 0 N–H and O–H groups in total. The molecule has 0 radical (unpaired) electrons. The van der Waals surface area contributed by atoms with Crippen molar-refractivity contribution in [1.82, 2.24) is 0 Å². The molecule has 22 heavy (non-hydrogen) atoms. The van der Waals surface area contributed by atoms with Gasteiger partial charge in [0.15, 0.2) is 0 Å². The number of benzene rings is 1. The van der Waals surface area contributed by atoms with Crippen LogP contribution in [0.25, 0.3) is 0 Å². The first-order valence-electron chi connectivity index (χ1n) is 8.83. The molecule has 1 heterocycles. The molecule has 124 valence electrons. The number of rotatable bonds is 7. The fraction of sp³-hybridized carbons (Fsp3) is 0.700. The van der Waals surface area contributed by atoms with Gasteiger partial charge in [-0.1, -0.05) is 46.8 Å². The van der Waals surface area contributed by atoms with Gasteiger partial charge in [-0.25, -0.2) is 0 Å². The quantitative estimate of drug-likeness (QED) is 0.625. The average Bonchev–Trinajstić information content (AvgIpc) is 3.23. The summed E-state index contributed by atoms with van der Waals surface area (Å²) in [5.74, 6) is 1.61. The van der Waals surface area contributed by atoms with Crippen molar-refractivity contribution < 1.29 is 9.47 Å². The van der Waals surface area contributed by atoms with Crippen LogP contribution in [0, 0.1) is 0 Å². The van der Waals surface area contributed by atoms with E-state index in [1.54, 1.807) is 0 Å². The molecule has 0 aromatic heterocycles. The van der Waals surface area contributed by atoms with Crippen LogP contribution >= 0.6 is 0 Å². The molecule has 2 nitrogen and oxygen atoms in total. The molecule has 1 aliphatic heterocycles. The van der Waals surface area contributed by atoms with Gasteiger partial charge >= 0.3 is 0 Å². The van der Waals surface area contributed by atoms with E-state index in [2.05, 4.69) is 52.8 Å². The predicted molar refractivity (Wildman–Crippen MR) is 92.9 cm³/mol. The molecule has 0 spiro atoms. The smallest absolute Gasteiger partial charge is 0.123 e. The molecule has 1 aliphatic rings. The Morgan fingerprint density at radius 3 is 2.36 bits per heavy atom. The highest BCUT2D eigenvalue weighted by atomic mass is 16.6. The Balaban J connectivity index is 2.22. The van der Waals surface area contributed by atoms with Crippen LogP contribution < -0.4 is 4.74 Å². The van der Waals surface area contributed by atoms with Crippen LogP contribution in [0.2, 0.25) is 0 Å². The number of epoxide rings is 1. The zero-order chi connectivity index (χ0) is 16.3. The zero-order valence-corrected chi connectivity index (χ0v) is 15.1. The summed E-state index contributed by atoms with van der Waals surface area (Å²) in [5, 5.41) is 0. The molecule has 1 saturated heterocycles. The van der Waals surface area contributed by atoms with Crippen molar-refractivity contribution in [3.05, 3.63) is 29.3 Å². The number of hydrogen-bond acceptors (Lipinski definition) is 2. The maximum atomic E-state index is 5.84. The molecule has 3 atom stereocenters. The van der Waals surface area contributed by atoms with Crippen LogP contribution in [0.1, 0.15) is 77.8 Å². The van der Waals surface area contributed by atoms with E-state index in [0.29, 0.717) is 24.7 Å². The van der Waals surface area contributed by atoms with Gasteiger partial charge in [0.2, 0.25) is 0 Å². The van der Waals surface area contributed by atoms with E-state index in [1.165, 1.54) is 11.1 Å². The van der Waals surface area contributed by atoms with Gasteiger partial charge in [0.1, 0.15) is 5.75 Å². The van der Waals surface area contributed by atoms with E-state index in [4.69, 9.17) is 9.47 Å². The van der Waals surface area contributed by atoms with Gasteiger partial charge in [0, 0.05) is 0 Å². The van der Waals surface area contributed by atoms with Gasteiger partial charge in [0.25, 0.3) is 0 Å². The first-order chi connectivity index (χ1) is 10.4.